The number of rotatable bonds is 14. The van der Waals surface area contributed by atoms with E-state index < -0.39 is 0 Å². The Hall–Kier alpha value is -1.66. The largest absolute Gasteiger partial charge is 0.374 e. The number of unbranched alkanes of at least 4 members (excludes halogenated alkanes) is 2. The van der Waals surface area contributed by atoms with E-state index in [1.54, 1.807) is 0 Å². The maximum absolute atomic E-state index is 12.1. The minimum absolute atomic E-state index is 0.0125. The molecule has 0 unspecified atom stereocenters. The first-order chi connectivity index (χ1) is 14.5. The molecule has 2 aliphatic rings. The number of ketones is 1. The van der Waals surface area contributed by atoms with Gasteiger partial charge < -0.3 is 15.4 Å². The number of amides is 2. The van der Waals surface area contributed by atoms with Crippen molar-refractivity contribution in [2.45, 2.75) is 70.5 Å². The van der Waals surface area contributed by atoms with Gasteiger partial charge >= 0.3 is 0 Å². The molecule has 0 radical (unpaired) electrons. The van der Waals surface area contributed by atoms with Crippen LogP contribution in [0.4, 0.5) is 0 Å². The maximum Gasteiger partial charge on any atom is 0.239 e. The second kappa shape index (κ2) is 13.6. The van der Waals surface area contributed by atoms with Gasteiger partial charge in [-0.05, 0) is 44.1 Å². The molecular formula is C23H35ClN2O4. The first-order valence-corrected chi connectivity index (χ1v) is 11.7. The molecule has 2 N–H and O–H groups in total. The Labute approximate surface area is 184 Å². The first kappa shape index (κ1) is 24.6. The zero-order valence-electron chi connectivity index (χ0n) is 17.9. The second-order valence-corrected chi connectivity index (χ2v) is 8.37. The summed E-state index contributed by atoms with van der Waals surface area (Å²) in [6, 6.07) is 0. The summed E-state index contributed by atoms with van der Waals surface area (Å²) >= 11 is 5.46. The summed E-state index contributed by atoms with van der Waals surface area (Å²) in [6.45, 7) is 2.70. The Bertz CT molecular complexity index is 635. The molecule has 2 amide bonds. The van der Waals surface area contributed by atoms with Gasteiger partial charge in [-0.15, -0.1) is 11.6 Å². The number of ether oxygens (including phenoxy) is 1. The third-order valence-corrected chi connectivity index (χ3v) is 6.12. The van der Waals surface area contributed by atoms with Crippen molar-refractivity contribution in [2.24, 2.45) is 11.8 Å². The maximum atomic E-state index is 12.1. The molecule has 0 aromatic rings. The molecule has 0 aliphatic carbocycles. The highest BCUT2D eigenvalue weighted by Gasteiger charge is 2.47. The van der Waals surface area contributed by atoms with Crippen LogP contribution < -0.4 is 10.6 Å². The fourth-order valence-electron chi connectivity index (χ4n) is 4.25. The van der Waals surface area contributed by atoms with Crippen LogP contribution in [0.1, 0.15) is 58.3 Å². The van der Waals surface area contributed by atoms with Crippen LogP contribution in [0.3, 0.4) is 0 Å². The van der Waals surface area contributed by atoms with Crippen LogP contribution in [0, 0.1) is 11.8 Å². The number of alkyl halides is 1. The van der Waals surface area contributed by atoms with Crippen LogP contribution in [0.2, 0.25) is 0 Å². The van der Waals surface area contributed by atoms with Crippen LogP contribution in [0.25, 0.3) is 0 Å². The molecule has 30 heavy (non-hydrogen) atoms. The molecule has 2 fully saturated rings. The lowest BCUT2D eigenvalue weighted by Crippen LogP contribution is -2.42. The van der Waals surface area contributed by atoms with Crippen molar-refractivity contribution in [3.8, 4) is 0 Å². The van der Waals surface area contributed by atoms with Crippen molar-refractivity contribution in [1.82, 2.24) is 10.6 Å². The van der Waals surface area contributed by atoms with Crippen molar-refractivity contribution in [3.05, 3.63) is 24.3 Å². The highest BCUT2D eigenvalue weighted by atomic mass is 35.5. The fourth-order valence-corrected chi connectivity index (χ4v) is 4.34. The standard InChI is InChI=1S/C23H35ClN2O4/c1-2-3-6-11-22(28)26-16-23(29)25-15-19-18(20-12-13-21(19)30-20)10-8-5-4-7-9-17(27)14-24/h5,7-9,18-21H,2-4,6,10-16H2,1H3,(H,25,29)(H,26,28)/t18-,19+,20-,21+/m0/s1. The van der Waals surface area contributed by atoms with Crippen LogP contribution in [-0.2, 0) is 19.1 Å². The monoisotopic (exact) mass is 438 g/mol. The number of fused-ring (bicyclic) bond motifs is 2. The van der Waals surface area contributed by atoms with Gasteiger partial charge in [-0.3, -0.25) is 14.4 Å². The van der Waals surface area contributed by atoms with Gasteiger partial charge in [0.1, 0.15) is 0 Å². The molecule has 2 saturated heterocycles. The van der Waals surface area contributed by atoms with Crippen LogP contribution in [0.5, 0.6) is 0 Å². The minimum atomic E-state index is -0.148. The SMILES string of the molecule is CCCCCC(=O)NCC(=O)NC[C@@H]1[C@H](CC=CCC=CC(=O)CCl)[C@@H]2CC[C@H]1O2. The molecule has 2 rings (SSSR count). The molecule has 0 saturated carbocycles. The number of hydrogen-bond acceptors (Lipinski definition) is 4. The van der Waals surface area contributed by atoms with Gasteiger partial charge in [0, 0.05) is 18.9 Å². The quantitative estimate of drug-likeness (QED) is 0.188. The Morgan fingerprint density at radius 2 is 1.77 bits per heavy atom. The topological polar surface area (TPSA) is 84.5 Å². The predicted molar refractivity (Wildman–Crippen MR) is 118 cm³/mol. The number of hydrogen-bond donors (Lipinski definition) is 2. The zero-order chi connectivity index (χ0) is 21.8. The van der Waals surface area contributed by atoms with E-state index in [1.165, 1.54) is 6.08 Å². The van der Waals surface area contributed by atoms with Gasteiger partial charge in [0.25, 0.3) is 0 Å². The number of nitrogens with one attached hydrogen (secondary N) is 2. The Morgan fingerprint density at radius 3 is 2.50 bits per heavy atom. The molecule has 4 atom stereocenters. The minimum Gasteiger partial charge on any atom is -0.374 e. The molecule has 0 spiro atoms. The Balaban J connectivity index is 1.70. The molecule has 7 heteroatoms. The zero-order valence-corrected chi connectivity index (χ0v) is 18.7. The molecule has 2 bridgehead atoms. The highest BCUT2D eigenvalue weighted by Crippen LogP contribution is 2.44. The van der Waals surface area contributed by atoms with Crippen molar-refractivity contribution >= 4 is 29.2 Å². The van der Waals surface area contributed by atoms with E-state index in [4.69, 9.17) is 16.3 Å². The summed E-state index contributed by atoms with van der Waals surface area (Å²) in [6.07, 6.45) is 15.1. The lowest BCUT2D eigenvalue weighted by molar-refractivity contribution is -0.126. The summed E-state index contributed by atoms with van der Waals surface area (Å²) in [4.78, 5) is 35.0. The lowest BCUT2D eigenvalue weighted by atomic mass is 9.77. The van der Waals surface area contributed by atoms with Gasteiger partial charge in [0.2, 0.25) is 11.8 Å². The van der Waals surface area contributed by atoms with Gasteiger partial charge in [0.05, 0.1) is 24.6 Å². The van der Waals surface area contributed by atoms with Crippen molar-refractivity contribution in [1.29, 1.82) is 0 Å². The van der Waals surface area contributed by atoms with E-state index in [2.05, 4.69) is 23.6 Å². The van der Waals surface area contributed by atoms with Crippen LogP contribution in [-0.4, -0.2) is 48.8 Å². The summed E-state index contributed by atoms with van der Waals surface area (Å²) in [7, 11) is 0. The van der Waals surface area contributed by atoms with Gasteiger partial charge in [-0.1, -0.05) is 38.0 Å². The summed E-state index contributed by atoms with van der Waals surface area (Å²) in [5.41, 5.74) is 0. The normalized spacial score (nSPS) is 25.3. The molecule has 2 aliphatic heterocycles. The van der Waals surface area contributed by atoms with Crippen molar-refractivity contribution in [2.75, 3.05) is 19.0 Å². The molecule has 2 heterocycles. The summed E-state index contributed by atoms with van der Waals surface area (Å²) < 4.78 is 6.08. The van der Waals surface area contributed by atoms with Crippen LogP contribution in [0.15, 0.2) is 24.3 Å². The highest BCUT2D eigenvalue weighted by molar-refractivity contribution is 6.29. The Kier molecular flexibility index (Phi) is 11.2. The van der Waals surface area contributed by atoms with E-state index in [9.17, 15) is 14.4 Å². The average Bonchev–Trinajstić information content (AvgIpc) is 3.35. The van der Waals surface area contributed by atoms with E-state index >= 15 is 0 Å². The average molecular weight is 439 g/mol. The van der Waals surface area contributed by atoms with Crippen LogP contribution >= 0.6 is 11.6 Å². The molecular weight excluding hydrogens is 404 g/mol. The van der Waals surface area contributed by atoms with E-state index in [1.807, 2.05) is 12.2 Å². The fraction of sp³-hybridized carbons (Fsp3) is 0.696. The first-order valence-electron chi connectivity index (χ1n) is 11.1. The number of halogens is 1. The van der Waals surface area contributed by atoms with Gasteiger partial charge in [-0.2, -0.15) is 0 Å². The van der Waals surface area contributed by atoms with Gasteiger partial charge in [-0.25, -0.2) is 0 Å². The van der Waals surface area contributed by atoms with E-state index in [0.29, 0.717) is 31.2 Å². The van der Waals surface area contributed by atoms with E-state index in [0.717, 1.165) is 38.5 Å². The molecule has 168 valence electrons. The molecule has 0 aromatic carbocycles. The van der Waals surface area contributed by atoms with Crippen molar-refractivity contribution in [3.63, 3.8) is 0 Å². The Morgan fingerprint density at radius 1 is 1.00 bits per heavy atom. The third kappa shape index (κ3) is 8.23. The number of carbonyl (C=O) groups is 3. The lowest BCUT2D eigenvalue weighted by Gasteiger charge is -2.27. The smallest absolute Gasteiger partial charge is 0.239 e. The van der Waals surface area contributed by atoms with Gasteiger partial charge in [0.15, 0.2) is 5.78 Å². The molecule has 0 aromatic heterocycles. The number of carbonyl (C=O) groups excluding carboxylic acids is 3. The van der Waals surface area contributed by atoms with Crippen molar-refractivity contribution < 1.29 is 19.1 Å². The number of allylic oxidation sites excluding steroid dienone is 4. The molecule has 6 nitrogen and oxygen atoms in total. The summed E-state index contributed by atoms with van der Waals surface area (Å²) in [5.74, 6) is 0.401. The second-order valence-electron chi connectivity index (χ2n) is 8.10. The third-order valence-electron chi connectivity index (χ3n) is 5.86. The summed E-state index contributed by atoms with van der Waals surface area (Å²) in [5, 5.41) is 5.67. The van der Waals surface area contributed by atoms with E-state index in [-0.39, 0.29) is 42.2 Å². The predicted octanol–water partition coefficient (Wildman–Crippen LogP) is 3.29.